The number of nitro groups is 1. The zero-order valence-electron chi connectivity index (χ0n) is 11.9. The monoisotopic (exact) mass is 301 g/mol. The van der Waals surface area contributed by atoms with Gasteiger partial charge < -0.3 is 14.6 Å². The molecule has 1 aliphatic heterocycles. The van der Waals surface area contributed by atoms with E-state index in [1.165, 1.54) is 7.11 Å². The van der Waals surface area contributed by atoms with Gasteiger partial charge in [0, 0.05) is 16.1 Å². The van der Waals surface area contributed by atoms with E-state index in [1.807, 2.05) is 0 Å². The van der Waals surface area contributed by atoms with Crippen LogP contribution in [0.1, 0.15) is 23.3 Å². The Morgan fingerprint density at radius 2 is 2.00 bits per heavy atom. The largest absolute Gasteiger partial charge is 0.497 e. The number of methoxy groups -OCH3 is 1. The third-order valence-corrected chi connectivity index (χ3v) is 3.79. The van der Waals surface area contributed by atoms with Gasteiger partial charge in [0.05, 0.1) is 7.11 Å². The lowest BCUT2D eigenvalue weighted by molar-refractivity contribution is -0.549. The first-order chi connectivity index (χ1) is 10.6. The van der Waals surface area contributed by atoms with E-state index >= 15 is 0 Å². The Labute approximate surface area is 127 Å². The number of rotatable bonds is 3. The van der Waals surface area contributed by atoms with Crippen molar-refractivity contribution in [3.8, 4) is 11.5 Å². The van der Waals surface area contributed by atoms with E-state index in [2.05, 4.69) is 0 Å². The minimum Gasteiger partial charge on any atom is -0.497 e. The number of ether oxygens (including phenoxy) is 2. The molecule has 1 unspecified atom stereocenters. The second kappa shape index (κ2) is 5.65. The summed E-state index contributed by atoms with van der Waals surface area (Å²) in [6, 6.07) is 12.4. The van der Waals surface area contributed by atoms with Crippen molar-refractivity contribution in [1.82, 2.24) is 0 Å². The summed E-state index contributed by atoms with van der Waals surface area (Å²) in [7, 11) is 1.52. The molecule has 0 saturated carbocycles. The average molecular weight is 301 g/mol. The lowest BCUT2D eigenvalue weighted by atomic mass is 9.90. The summed E-state index contributed by atoms with van der Waals surface area (Å²) in [5, 5.41) is 21.8. The number of para-hydroxylation sites is 1. The predicted molar refractivity (Wildman–Crippen MR) is 78.5 cm³/mol. The summed E-state index contributed by atoms with van der Waals surface area (Å²) < 4.78 is 11.0. The van der Waals surface area contributed by atoms with E-state index in [9.17, 15) is 15.2 Å². The average Bonchev–Trinajstić information content (AvgIpc) is 2.54. The first-order valence-corrected chi connectivity index (χ1v) is 6.83. The third kappa shape index (κ3) is 2.37. The smallest absolute Gasteiger partial charge is 0.283 e. The van der Waals surface area contributed by atoms with Crippen molar-refractivity contribution in [2.75, 3.05) is 7.11 Å². The van der Waals surface area contributed by atoms with Crippen LogP contribution >= 0.6 is 0 Å². The van der Waals surface area contributed by atoms with Crippen molar-refractivity contribution in [3.05, 3.63) is 69.8 Å². The van der Waals surface area contributed by atoms with Crippen LogP contribution in [0.25, 0.3) is 0 Å². The summed E-state index contributed by atoms with van der Waals surface area (Å²) in [5.41, 5.74) is 1.03. The lowest BCUT2D eigenvalue weighted by Crippen LogP contribution is -2.40. The van der Waals surface area contributed by atoms with Crippen LogP contribution in [0.5, 0.6) is 11.5 Å². The summed E-state index contributed by atoms with van der Waals surface area (Å²) in [4.78, 5) is 11.0. The molecule has 6 heteroatoms. The van der Waals surface area contributed by atoms with Crippen molar-refractivity contribution < 1.29 is 19.5 Å². The number of aliphatic hydroxyl groups is 1. The zero-order valence-corrected chi connectivity index (χ0v) is 11.9. The summed E-state index contributed by atoms with van der Waals surface area (Å²) in [6.07, 6.45) is -2.11. The van der Waals surface area contributed by atoms with Crippen molar-refractivity contribution in [2.24, 2.45) is 0 Å². The molecule has 2 aromatic carbocycles. The van der Waals surface area contributed by atoms with Gasteiger partial charge in [-0.15, -0.1) is 0 Å². The molecule has 0 aliphatic carbocycles. The fraction of sp³-hybridized carbons (Fsp3) is 0.250. The SMILES string of the molecule is COc1cccc([C@@H]2Oc3ccccc3[C@H](O)C2[N+](=O)[O-])c1. The molecule has 0 bridgehead atoms. The number of fused-ring (bicyclic) bond motifs is 1. The van der Waals surface area contributed by atoms with Crippen LogP contribution in [0, 0.1) is 10.1 Å². The maximum Gasteiger partial charge on any atom is 0.283 e. The Balaban J connectivity index is 2.07. The van der Waals surface area contributed by atoms with Crippen LogP contribution in [0.4, 0.5) is 0 Å². The van der Waals surface area contributed by atoms with Gasteiger partial charge in [0.15, 0.2) is 12.2 Å². The standard InChI is InChI=1S/C16H15NO5/c1-21-11-6-4-5-10(9-11)16-14(17(19)20)15(18)12-7-2-3-8-13(12)22-16/h2-9,14-16,18H,1H3/t14?,15-,16-/m0/s1. The lowest BCUT2D eigenvalue weighted by Gasteiger charge is -2.32. The molecule has 0 saturated heterocycles. The third-order valence-electron chi connectivity index (χ3n) is 3.79. The van der Waals surface area contributed by atoms with Gasteiger partial charge in [0.1, 0.15) is 11.5 Å². The molecule has 1 N–H and O–H groups in total. The molecule has 0 amide bonds. The van der Waals surface area contributed by atoms with Crippen molar-refractivity contribution >= 4 is 0 Å². The Morgan fingerprint density at radius 3 is 2.73 bits per heavy atom. The molecule has 114 valence electrons. The van der Waals surface area contributed by atoms with Crippen molar-refractivity contribution in [3.63, 3.8) is 0 Å². The Kier molecular flexibility index (Phi) is 3.68. The first-order valence-electron chi connectivity index (χ1n) is 6.83. The number of hydrogen-bond acceptors (Lipinski definition) is 5. The molecule has 0 fully saturated rings. The highest BCUT2D eigenvalue weighted by molar-refractivity contribution is 5.40. The Hall–Kier alpha value is -2.60. The second-order valence-electron chi connectivity index (χ2n) is 5.07. The maximum absolute atomic E-state index is 11.4. The van der Waals surface area contributed by atoms with Gasteiger partial charge in [-0.25, -0.2) is 0 Å². The number of nitrogens with zero attached hydrogens (tertiary/aromatic N) is 1. The van der Waals surface area contributed by atoms with Gasteiger partial charge in [-0.2, -0.15) is 0 Å². The number of benzene rings is 2. The Morgan fingerprint density at radius 1 is 1.23 bits per heavy atom. The number of aliphatic hydroxyl groups excluding tert-OH is 1. The van der Waals surface area contributed by atoms with Crippen LogP contribution < -0.4 is 9.47 Å². The molecule has 0 radical (unpaired) electrons. The fourth-order valence-electron chi connectivity index (χ4n) is 2.70. The predicted octanol–water partition coefficient (Wildman–Crippen LogP) is 2.51. The van der Waals surface area contributed by atoms with Gasteiger partial charge in [0.2, 0.25) is 0 Å². The summed E-state index contributed by atoms with van der Waals surface area (Å²) >= 11 is 0. The Bertz CT molecular complexity index is 702. The highest BCUT2D eigenvalue weighted by Crippen LogP contribution is 2.42. The van der Waals surface area contributed by atoms with E-state index in [0.717, 1.165) is 0 Å². The van der Waals surface area contributed by atoms with Gasteiger partial charge in [-0.3, -0.25) is 10.1 Å². The van der Waals surface area contributed by atoms with Gasteiger partial charge >= 0.3 is 0 Å². The van der Waals surface area contributed by atoms with E-state index < -0.39 is 23.2 Å². The molecule has 3 rings (SSSR count). The molecular formula is C16H15NO5. The quantitative estimate of drug-likeness (QED) is 0.696. The van der Waals surface area contributed by atoms with E-state index in [-0.39, 0.29) is 0 Å². The first kappa shape index (κ1) is 14.3. The molecule has 1 heterocycles. The highest BCUT2D eigenvalue weighted by Gasteiger charge is 2.46. The van der Waals surface area contributed by atoms with Crippen LogP contribution in [-0.4, -0.2) is 23.2 Å². The van der Waals surface area contributed by atoms with Crippen molar-refractivity contribution in [1.29, 1.82) is 0 Å². The normalized spacial score (nSPS) is 23.3. The minimum atomic E-state index is -1.28. The van der Waals surface area contributed by atoms with E-state index in [4.69, 9.17) is 9.47 Å². The van der Waals surface area contributed by atoms with Gasteiger partial charge in [-0.1, -0.05) is 30.3 Å². The molecule has 1 aliphatic rings. The number of hydrogen-bond donors (Lipinski definition) is 1. The molecule has 3 atom stereocenters. The van der Waals surface area contributed by atoms with Gasteiger partial charge in [-0.05, 0) is 18.2 Å². The van der Waals surface area contributed by atoms with Gasteiger partial charge in [0.25, 0.3) is 6.04 Å². The highest BCUT2D eigenvalue weighted by atomic mass is 16.6. The zero-order chi connectivity index (χ0) is 15.7. The molecule has 2 aromatic rings. The molecule has 6 nitrogen and oxygen atoms in total. The molecule has 22 heavy (non-hydrogen) atoms. The fourth-order valence-corrected chi connectivity index (χ4v) is 2.70. The van der Waals surface area contributed by atoms with E-state index in [0.29, 0.717) is 22.6 Å². The topological polar surface area (TPSA) is 81.8 Å². The summed E-state index contributed by atoms with van der Waals surface area (Å²) in [5.74, 6) is 1.04. The van der Waals surface area contributed by atoms with Crippen molar-refractivity contribution in [2.45, 2.75) is 18.2 Å². The van der Waals surface area contributed by atoms with Crippen LogP contribution in [0.2, 0.25) is 0 Å². The second-order valence-corrected chi connectivity index (χ2v) is 5.07. The molecular weight excluding hydrogens is 286 g/mol. The van der Waals surface area contributed by atoms with E-state index in [1.54, 1.807) is 48.5 Å². The molecule has 0 aromatic heterocycles. The summed E-state index contributed by atoms with van der Waals surface area (Å²) in [6.45, 7) is 0. The van der Waals surface area contributed by atoms with Crippen LogP contribution in [-0.2, 0) is 0 Å². The molecule has 0 spiro atoms. The van der Waals surface area contributed by atoms with Crippen LogP contribution in [0.3, 0.4) is 0 Å². The minimum absolute atomic E-state index is 0.434. The maximum atomic E-state index is 11.4. The van der Waals surface area contributed by atoms with Crippen LogP contribution in [0.15, 0.2) is 48.5 Å².